The average Bonchev–Trinajstić information content (AvgIpc) is 2.29. The molecule has 0 spiro atoms. The number of fused-ring (bicyclic) bond motifs is 3. The molecule has 4 heteroatoms. The largest absolute Gasteiger partial charge is 0.388 e. The minimum absolute atomic E-state index is 0.351. The summed E-state index contributed by atoms with van der Waals surface area (Å²) in [6.07, 6.45) is 2.28. The summed E-state index contributed by atoms with van der Waals surface area (Å²) >= 11 is 0. The predicted molar refractivity (Wildman–Crippen MR) is 62.4 cm³/mol. The van der Waals surface area contributed by atoms with Crippen molar-refractivity contribution in [3.8, 4) is 0 Å². The molecular formula is C12H17N3O. The Morgan fingerprint density at radius 3 is 3.19 bits per heavy atom. The van der Waals surface area contributed by atoms with Crippen molar-refractivity contribution < 1.29 is 5.11 Å². The van der Waals surface area contributed by atoms with E-state index in [-0.39, 0.29) is 6.10 Å². The van der Waals surface area contributed by atoms with Crippen molar-refractivity contribution in [1.82, 2.24) is 9.88 Å². The second kappa shape index (κ2) is 3.71. The molecule has 0 saturated carbocycles. The molecule has 1 saturated heterocycles. The van der Waals surface area contributed by atoms with Gasteiger partial charge in [0.15, 0.2) is 0 Å². The number of nitrogens with zero attached hydrogens (tertiary/aromatic N) is 3. The third-order valence-corrected chi connectivity index (χ3v) is 3.63. The van der Waals surface area contributed by atoms with Gasteiger partial charge < -0.3 is 14.9 Å². The number of likely N-dealkylation sites (N-methyl/N-ethyl adjacent to an activating group) is 1. The van der Waals surface area contributed by atoms with Crippen LogP contribution in [0.25, 0.3) is 0 Å². The van der Waals surface area contributed by atoms with Gasteiger partial charge >= 0.3 is 0 Å². The maximum Gasteiger partial charge on any atom is 0.134 e. The van der Waals surface area contributed by atoms with Gasteiger partial charge in [-0.25, -0.2) is 4.98 Å². The van der Waals surface area contributed by atoms with Crippen LogP contribution in [0.15, 0.2) is 18.3 Å². The maximum absolute atomic E-state index is 10.1. The Kier molecular flexibility index (Phi) is 2.33. The monoisotopic (exact) mass is 219 g/mol. The number of pyridine rings is 1. The van der Waals surface area contributed by atoms with E-state index in [1.807, 2.05) is 18.3 Å². The summed E-state index contributed by atoms with van der Waals surface area (Å²) in [6.45, 7) is 3.10. The summed E-state index contributed by atoms with van der Waals surface area (Å²) in [5.41, 5.74) is 0.989. The molecule has 3 rings (SSSR count). The first-order valence-corrected chi connectivity index (χ1v) is 5.84. The molecule has 0 aromatic carbocycles. The van der Waals surface area contributed by atoms with Crippen LogP contribution in [0.5, 0.6) is 0 Å². The van der Waals surface area contributed by atoms with Crippen molar-refractivity contribution in [3.63, 3.8) is 0 Å². The third kappa shape index (κ3) is 1.49. The first-order chi connectivity index (χ1) is 7.75. The molecule has 2 aliphatic rings. The van der Waals surface area contributed by atoms with Crippen molar-refractivity contribution in [1.29, 1.82) is 0 Å². The maximum atomic E-state index is 10.1. The smallest absolute Gasteiger partial charge is 0.134 e. The van der Waals surface area contributed by atoms with Crippen molar-refractivity contribution in [2.45, 2.75) is 18.6 Å². The van der Waals surface area contributed by atoms with Crippen LogP contribution < -0.4 is 4.90 Å². The minimum Gasteiger partial charge on any atom is -0.388 e. The molecule has 2 aliphatic heterocycles. The van der Waals surface area contributed by atoms with Gasteiger partial charge in [0.1, 0.15) is 5.82 Å². The fourth-order valence-corrected chi connectivity index (χ4v) is 2.79. The first kappa shape index (κ1) is 10.1. The van der Waals surface area contributed by atoms with Gasteiger partial charge in [0.05, 0.1) is 6.10 Å². The number of hydrogen-bond acceptors (Lipinski definition) is 4. The van der Waals surface area contributed by atoms with Gasteiger partial charge in [-0.2, -0.15) is 0 Å². The molecule has 1 aromatic rings. The van der Waals surface area contributed by atoms with Crippen LogP contribution in [0.1, 0.15) is 18.1 Å². The summed E-state index contributed by atoms with van der Waals surface area (Å²) in [5, 5.41) is 10.1. The summed E-state index contributed by atoms with van der Waals surface area (Å²) in [6, 6.07) is 4.30. The minimum atomic E-state index is -0.351. The Labute approximate surface area is 95.5 Å². The molecule has 1 fully saturated rings. The highest BCUT2D eigenvalue weighted by Crippen LogP contribution is 2.36. The number of aliphatic hydroxyl groups is 1. The van der Waals surface area contributed by atoms with Gasteiger partial charge in [0.25, 0.3) is 0 Å². The molecule has 0 bridgehead atoms. The number of piperazine rings is 1. The second-order valence-electron chi connectivity index (χ2n) is 4.78. The normalized spacial score (nSPS) is 29.8. The summed E-state index contributed by atoms with van der Waals surface area (Å²) in [4.78, 5) is 9.10. The molecule has 0 radical (unpaired) electrons. The SMILES string of the molecule is CN1CCN2c3ncccc3C(O)C[C@H]2C1. The van der Waals surface area contributed by atoms with Crippen molar-refractivity contribution in [3.05, 3.63) is 23.9 Å². The zero-order valence-corrected chi connectivity index (χ0v) is 9.50. The van der Waals surface area contributed by atoms with Crippen LogP contribution >= 0.6 is 0 Å². The molecule has 1 unspecified atom stereocenters. The molecule has 0 aliphatic carbocycles. The Morgan fingerprint density at radius 2 is 2.31 bits per heavy atom. The van der Waals surface area contributed by atoms with Crippen LogP contribution in [0.3, 0.4) is 0 Å². The zero-order valence-electron chi connectivity index (χ0n) is 9.50. The topological polar surface area (TPSA) is 39.6 Å². The Morgan fingerprint density at radius 1 is 1.44 bits per heavy atom. The molecule has 1 aromatic heterocycles. The number of hydrogen-bond donors (Lipinski definition) is 1. The van der Waals surface area contributed by atoms with E-state index in [0.29, 0.717) is 6.04 Å². The zero-order chi connectivity index (χ0) is 11.1. The Bertz CT molecular complexity index is 396. The number of aromatic nitrogens is 1. The molecule has 16 heavy (non-hydrogen) atoms. The third-order valence-electron chi connectivity index (χ3n) is 3.63. The fraction of sp³-hybridized carbons (Fsp3) is 0.583. The molecule has 3 heterocycles. The number of anilines is 1. The fourth-order valence-electron chi connectivity index (χ4n) is 2.79. The summed E-state index contributed by atoms with van der Waals surface area (Å²) < 4.78 is 0. The highest BCUT2D eigenvalue weighted by molar-refractivity contribution is 5.52. The van der Waals surface area contributed by atoms with Gasteiger partial charge in [-0.15, -0.1) is 0 Å². The van der Waals surface area contributed by atoms with Crippen LogP contribution in [0.2, 0.25) is 0 Å². The summed E-state index contributed by atoms with van der Waals surface area (Å²) in [5.74, 6) is 0.986. The first-order valence-electron chi connectivity index (χ1n) is 5.84. The Hall–Kier alpha value is -1.13. The number of rotatable bonds is 0. The van der Waals surface area contributed by atoms with Crippen LogP contribution in [-0.4, -0.2) is 47.7 Å². The number of aliphatic hydroxyl groups excluding tert-OH is 1. The average molecular weight is 219 g/mol. The van der Waals surface area contributed by atoms with Crippen molar-refractivity contribution >= 4 is 5.82 Å². The van der Waals surface area contributed by atoms with E-state index < -0.39 is 0 Å². The van der Waals surface area contributed by atoms with E-state index in [4.69, 9.17) is 0 Å². The quantitative estimate of drug-likeness (QED) is 0.695. The van der Waals surface area contributed by atoms with E-state index in [1.54, 1.807) is 0 Å². The molecule has 0 amide bonds. The standard InChI is InChI=1S/C12H17N3O/c1-14-5-6-15-9(8-14)7-11(16)10-3-2-4-13-12(10)15/h2-4,9,11,16H,5-8H2,1H3/t9-,11?/m0/s1. The summed E-state index contributed by atoms with van der Waals surface area (Å²) in [7, 11) is 2.14. The lowest BCUT2D eigenvalue weighted by Gasteiger charge is -2.45. The van der Waals surface area contributed by atoms with Gasteiger partial charge in [-0.3, -0.25) is 0 Å². The molecule has 86 valence electrons. The van der Waals surface area contributed by atoms with Gasteiger partial charge in [0.2, 0.25) is 0 Å². The molecule has 2 atom stereocenters. The van der Waals surface area contributed by atoms with Gasteiger partial charge in [0, 0.05) is 37.4 Å². The highest BCUT2D eigenvalue weighted by Gasteiger charge is 2.35. The van der Waals surface area contributed by atoms with Crippen molar-refractivity contribution in [2.75, 3.05) is 31.6 Å². The molecule has 4 nitrogen and oxygen atoms in total. The van der Waals surface area contributed by atoms with Crippen LogP contribution in [0.4, 0.5) is 5.82 Å². The van der Waals surface area contributed by atoms with E-state index in [9.17, 15) is 5.11 Å². The van der Waals surface area contributed by atoms with Gasteiger partial charge in [-0.1, -0.05) is 6.07 Å². The van der Waals surface area contributed by atoms with Gasteiger partial charge in [-0.05, 0) is 19.5 Å². The second-order valence-corrected chi connectivity index (χ2v) is 4.78. The lowest BCUT2D eigenvalue weighted by molar-refractivity contribution is 0.128. The highest BCUT2D eigenvalue weighted by atomic mass is 16.3. The van der Waals surface area contributed by atoms with Crippen molar-refractivity contribution in [2.24, 2.45) is 0 Å². The lowest BCUT2D eigenvalue weighted by Crippen LogP contribution is -2.54. The van der Waals surface area contributed by atoms with Crippen LogP contribution in [-0.2, 0) is 0 Å². The van der Waals surface area contributed by atoms with E-state index in [0.717, 1.165) is 37.4 Å². The predicted octanol–water partition coefficient (Wildman–Crippen LogP) is 0.639. The van der Waals surface area contributed by atoms with Crippen LogP contribution in [0, 0.1) is 0 Å². The lowest BCUT2D eigenvalue weighted by atomic mass is 9.94. The van der Waals surface area contributed by atoms with E-state index >= 15 is 0 Å². The van der Waals surface area contributed by atoms with E-state index in [2.05, 4.69) is 21.8 Å². The van der Waals surface area contributed by atoms with E-state index in [1.165, 1.54) is 0 Å². The Balaban J connectivity index is 1.98. The molecular weight excluding hydrogens is 202 g/mol. The molecule has 1 N–H and O–H groups in total.